The summed E-state index contributed by atoms with van der Waals surface area (Å²) in [5.41, 5.74) is 3.39. The Morgan fingerprint density at radius 2 is 1.74 bits per heavy atom. The molecule has 19 heavy (non-hydrogen) atoms. The minimum atomic E-state index is -0.735. The minimum Gasteiger partial charge on any atom is -0.292 e. The molecule has 0 aliphatic heterocycles. The maximum absolute atomic E-state index is 12.5. The predicted molar refractivity (Wildman–Crippen MR) is 75.0 cm³/mol. The van der Waals surface area contributed by atoms with Crippen molar-refractivity contribution in [3.63, 3.8) is 0 Å². The number of carbonyl (C=O) groups is 1. The van der Waals surface area contributed by atoms with Crippen LogP contribution in [-0.2, 0) is 0 Å². The van der Waals surface area contributed by atoms with Gasteiger partial charge in [0, 0.05) is 5.56 Å². The number of Topliss-reactive ketones (excluding diaryl/α,β-unsaturated/α-hetero) is 1. The van der Waals surface area contributed by atoms with Gasteiger partial charge in [-0.15, -0.1) is 0 Å². The Kier molecular flexibility index (Phi) is 3.77. The van der Waals surface area contributed by atoms with Gasteiger partial charge in [-0.1, -0.05) is 48.5 Å². The molecule has 0 saturated heterocycles. The first-order valence-corrected chi connectivity index (χ1v) is 6.20. The number of nitrogens with zero attached hydrogens (tertiary/aromatic N) is 1. The molecule has 2 heteroatoms. The van der Waals surface area contributed by atoms with Crippen LogP contribution in [0.5, 0.6) is 0 Å². The third-order valence-electron chi connectivity index (χ3n) is 3.39. The summed E-state index contributed by atoms with van der Waals surface area (Å²) < 4.78 is 0. The summed E-state index contributed by atoms with van der Waals surface area (Å²) >= 11 is 0. The highest BCUT2D eigenvalue weighted by atomic mass is 16.1. The van der Waals surface area contributed by atoms with Crippen LogP contribution >= 0.6 is 0 Å². The fraction of sp³-hybridized carbons (Fsp3) is 0.176. The molecule has 94 valence electrons. The number of benzene rings is 2. The van der Waals surface area contributed by atoms with Crippen molar-refractivity contribution in [3.05, 3.63) is 70.8 Å². The van der Waals surface area contributed by atoms with E-state index in [1.807, 2.05) is 56.3 Å². The quantitative estimate of drug-likeness (QED) is 0.776. The second-order valence-corrected chi connectivity index (χ2v) is 4.58. The van der Waals surface area contributed by atoms with Gasteiger partial charge in [-0.2, -0.15) is 5.26 Å². The molecule has 0 saturated carbocycles. The maximum Gasteiger partial charge on any atom is 0.184 e. The van der Waals surface area contributed by atoms with Crippen LogP contribution in [0.4, 0.5) is 0 Å². The monoisotopic (exact) mass is 249 g/mol. The Morgan fingerprint density at radius 3 is 2.37 bits per heavy atom. The van der Waals surface area contributed by atoms with Crippen molar-refractivity contribution >= 4 is 5.78 Å². The summed E-state index contributed by atoms with van der Waals surface area (Å²) in [5.74, 6) is -0.864. The van der Waals surface area contributed by atoms with Crippen molar-refractivity contribution in [1.82, 2.24) is 0 Å². The fourth-order valence-electron chi connectivity index (χ4n) is 2.10. The molecule has 0 bridgehead atoms. The van der Waals surface area contributed by atoms with E-state index in [2.05, 4.69) is 6.07 Å². The summed E-state index contributed by atoms with van der Waals surface area (Å²) in [6.07, 6.45) is 0. The molecule has 0 amide bonds. The molecule has 2 nitrogen and oxygen atoms in total. The Balaban J connectivity index is 2.43. The molecule has 0 fully saturated rings. The van der Waals surface area contributed by atoms with Gasteiger partial charge in [0.2, 0.25) is 0 Å². The zero-order valence-corrected chi connectivity index (χ0v) is 11.1. The van der Waals surface area contributed by atoms with Crippen LogP contribution < -0.4 is 0 Å². The predicted octanol–water partition coefficient (Wildman–Crippen LogP) is 3.79. The molecule has 0 aliphatic rings. The van der Waals surface area contributed by atoms with Crippen LogP contribution in [0.1, 0.15) is 33.0 Å². The van der Waals surface area contributed by atoms with Crippen molar-refractivity contribution < 1.29 is 4.79 Å². The molecule has 0 heterocycles. The highest BCUT2D eigenvalue weighted by Gasteiger charge is 2.23. The molecular formula is C17H15NO. The van der Waals surface area contributed by atoms with Gasteiger partial charge in [-0.05, 0) is 30.5 Å². The molecule has 0 radical (unpaired) electrons. The lowest BCUT2D eigenvalue weighted by Gasteiger charge is -2.12. The zero-order chi connectivity index (χ0) is 13.8. The number of ketones is 1. The first-order chi connectivity index (χ1) is 9.15. The second kappa shape index (κ2) is 5.49. The largest absolute Gasteiger partial charge is 0.292 e. The van der Waals surface area contributed by atoms with Gasteiger partial charge >= 0.3 is 0 Å². The van der Waals surface area contributed by atoms with Gasteiger partial charge in [-0.3, -0.25) is 4.79 Å². The number of hydrogen-bond donors (Lipinski definition) is 0. The number of rotatable bonds is 3. The van der Waals surface area contributed by atoms with E-state index in [4.69, 9.17) is 0 Å². The van der Waals surface area contributed by atoms with Crippen LogP contribution in [0.2, 0.25) is 0 Å². The lowest BCUT2D eigenvalue weighted by molar-refractivity contribution is 0.0978. The third kappa shape index (κ3) is 2.56. The topological polar surface area (TPSA) is 40.9 Å². The first kappa shape index (κ1) is 13.0. The van der Waals surface area contributed by atoms with E-state index in [9.17, 15) is 10.1 Å². The van der Waals surface area contributed by atoms with Crippen molar-refractivity contribution in [2.45, 2.75) is 19.8 Å². The molecule has 2 rings (SSSR count). The van der Waals surface area contributed by atoms with E-state index in [0.717, 1.165) is 16.7 Å². The number of hydrogen-bond acceptors (Lipinski definition) is 2. The number of nitriles is 1. The van der Waals surface area contributed by atoms with Crippen molar-refractivity contribution in [3.8, 4) is 6.07 Å². The standard InChI is InChI=1S/C17H15NO/c1-12-7-6-10-15(13(12)2)17(19)16(11-18)14-8-4-3-5-9-14/h3-10,16H,1-2H3. The fourth-order valence-corrected chi connectivity index (χ4v) is 2.10. The molecule has 0 aromatic heterocycles. The van der Waals surface area contributed by atoms with E-state index >= 15 is 0 Å². The molecule has 1 atom stereocenters. The van der Waals surface area contributed by atoms with Crippen LogP contribution in [-0.4, -0.2) is 5.78 Å². The van der Waals surface area contributed by atoms with Crippen molar-refractivity contribution in [2.24, 2.45) is 0 Å². The van der Waals surface area contributed by atoms with E-state index in [0.29, 0.717) is 5.56 Å². The van der Waals surface area contributed by atoms with Crippen LogP contribution in [0.3, 0.4) is 0 Å². The van der Waals surface area contributed by atoms with Crippen LogP contribution in [0.25, 0.3) is 0 Å². The Morgan fingerprint density at radius 1 is 1.05 bits per heavy atom. The molecule has 2 aromatic carbocycles. The van der Waals surface area contributed by atoms with Gasteiger partial charge in [-0.25, -0.2) is 0 Å². The van der Waals surface area contributed by atoms with E-state index in [1.165, 1.54) is 0 Å². The van der Waals surface area contributed by atoms with Gasteiger partial charge in [0.25, 0.3) is 0 Å². The third-order valence-corrected chi connectivity index (χ3v) is 3.39. The lowest BCUT2D eigenvalue weighted by Crippen LogP contribution is -2.13. The molecule has 1 unspecified atom stereocenters. The summed E-state index contributed by atoms with van der Waals surface area (Å²) in [6, 6.07) is 16.9. The van der Waals surface area contributed by atoms with Gasteiger partial charge in [0.05, 0.1) is 6.07 Å². The van der Waals surface area contributed by atoms with Crippen LogP contribution in [0, 0.1) is 25.2 Å². The SMILES string of the molecule is Cc1cccc(C(=O)C(C#N)c2ccccc2)c1C. The summed E-state index contributed by atoms with van der Waals surface area (Å²) in [5, 5.41) is 9.30. The molecule has 0 spiro atoms. The highest BCUT2D eigenvalue weighted by Crippen LogP contribution is 2.23. The van der Waals surface area contributed by atoms with E-state index in [1.54, 1.807) is 6.07 Å². The van der Waals surface area contributed by atoms with Gasteiger partial charge in [0.15, 0.2) is 5.78 Å². The van der Waals surface area contributed by atoms with Crippen LogP contribution in [0.15, 0.2) is 48.5 Å². The second-order valence-electron chi connectivity index (χ2n) is 4.58. The summed E-state index contributed by atoms with van der Waals surface area (Å²) in [6.45, 7) is 3.89. The zero-order valence-electron chi connectivity index (χ0n) is 11.1. The average molecular weight is 249 g/mol. The summed E-state index contributed by atoms with van der Waals surface area (Å²) in [7, 11) is 0. The maximum atomic E-state index is 12.5. The van der Waals surface area contributed by atoms with Gasteiger partial charge in [0.1, 0.15) is 5.92 Å². The Hall–Kier alpha value is -2.40. The minimum absolute atomic E-state index is 0.130. The average Bonchev–Trinajstić information content (AvgIpc) is 2.44. The van der Waals surface area contributed by atoms with Gasteiger partial charge < -0.3 is 0 Å². The lowest BCUT2D eigenvalue weighted by atomic mass is 9.89. The molecule has 2 aromatic rings. The molecule has 0 aliphatic carbocycles. The van der Waals surface area contributed by atoms with E-state index < -0.39 is 5.92 Å². The summed E-state index contributed by atoms with van der Waals surface area (Å²) in [4.78, 5) is 12.5. The number of aryl methyl sites for hydroxylation is 1. The smallest absolute Gasteiger partial charge is 0.184 e. The normalized spacial score (nSPS) is 11.6. The molecular weight excluding hydrogens is 234 g/mol. The Labute approximate surface area is 113 Å². The van der Waals surface area contributed by atoms with Crippen molar-refractivity contribution in [2.75, 3.05) is 0 Å². The first-order valence-electron chi connectivity index (χ1n) is 6.20. The molecule has 0 N–H and O–H groups in total. The van der Waals surface area contributed by atoms with E-state index in [-0.39, 0.29) is 5.78 Å². The highest BCUT2D eigenvalue weighted by molar-refractivity contribution is 6.04. The van der Waals surface area contributed by atoms with Crippen molar-refractivity contribution in [1.29, 1.82) is 5.26 Å². The number of carbonyl (C=O) groups excluding carboxylic acids is 1. The Bertz CT molecular complexity index is 638.